The summed E-state index contributed by atoms with van der Waals surface area (Å²) in [5.41, 5.74) is 4.21. The van der Waals surface area contributed by atoms with E-state index in [1.807, 2.05) is 48.5 Å². The summed E-state index contributed by atoms with van der Waals surface area (Å²) >= 11 is 0. The molecule has 0 saturated heterocycles. The zero-order valence-corrected chi connectivity index (χ0v) is 11.6. The van der Waals surface area contributed by atoms with Gasteiger partial charge in [-0.3, -0.25) is 10.6 Å². The highest BCUT2D eigenvalue weighted by Gasteiger charge is 2.26. The van der Waals surface area contributed by atoms with Crippen molar-refractivity contribution < 1.29 is 9.90 Å². The summed E-state index contributed by atoms with van der Waals surface area (Å²) in [7, 11) is 0. The van der Waals surface area contributed by atoms with Gasteiger partial charge in [-0.1, -0.05) is 60.7 Å². The van der Waals surface area contributed by atoms with Gasteiger partial charge in [0.15, 0.2) is 6.10 Å². The van der Waals surface area contributed by atoms with Crippen LogP contribution in [0.15, 0.2) is 60.7 Å². The average Bonchev–Trinajstić information content (AvgIpc) is 2.55. The maximum absolute atomic E-state index is 12.0. The van der Waals surface area contributed by atoms with E-state index in [9.17, 15) is 9.90 Å². The third-order valence-electron chi connectivity index (χ3n) is 3.23. The van der Waals surface area contributed by atoms with Gasteiger partial charge in [0.25, 0.3) is 5.91 Å². The molecule has 0 aliphatic carbocycles. The van der Waals surface area contributed by atoms with Gasteiger partial charge in [-0.15, -0.1) is 0 Å². The number of amides is 1. The Hall–Kier alpha value is -2.21. The topological polar surface area (TPSA) is 87.4 Å². The lowest BCUT2D eigenvalue weighted by Gasteiger charge is -2.22. The number of hydrogen-bond donors (Lipinski definition) is 4. The first-order chi connectivity index (χ1) is 10.2. The van der Waals surface area contributed by atoms with Crippen LogP contribution >= 0.6 is 0 Å². The van der Waals surface area contributed by atoms with E-state index in [1.54, 1.807) is 12.1 Å². The van der Waals surface area contributed by atoms with Crippen molar-refractivity contribution in [3.63, 3.8) is 0 Å². The Morgan fingerprint density at radius 3 is 2.19 bits per heavy atom. The summed E-state index contributed by atoms with van der Waals surface area (Å²) in [5.74, 6) is 4.99. The molecule has 0 heterocycles. The van der Waals surface area contributed by atoms with Gasteiger partial charge in [0.05, 0.1) is 6.04 Å². The molecule has 0 bridgehead atoms. The molecular formula is C16H19N3O2. The molecule has 0 saturated carbocycles. The molecule has 0 fully saturated rings. The van der Waals surface area contributed by atoms with E-state index in [0.29, 0.717) is 6.54 Å². The number of nitrogens with one attached hydrogen (secondary N) is 2. The Bertz CT molecular complexity index is 560. The van der Waals surface area contributed by atoms with E-state index in [2.05, 4.69) is 10.7 Å². The molecule has 5 heteroatoms. The van der Waals surface area contributed by atoms with Crippen LogP contribution in [0.5, 0.6) is 0 Å². The number of hydrogen-bond acceptors (Lipinski definition) is 4. The number of aliphatic hydroxyl groups is 1. The van der Waals surface area contributed by atoms with Gasteiger partial charge in [-0.2, -0.15) is 0 Å². The monoisotopic (exact) mass is 285 g/mol. The van der Waals surface area contributed by atoms with Crippen LogP contribution in [0.3, 0.4) is 0 Å². The lowest BCUT2D eigenvalue weighted by molar-refractivity contribution is -0.131. The Kier molecular flexibility index (Phi) is 5.45. The summed E-state index contributed by atoms with van der Waals surface area (Å²) in [4.78, 5) is 12.0. The maximum atomic E-state index is 12.0. The molecule has 0 aliphatic heterocycles. The lowest BCUT2D eigenvalue weighted by Crippen LogP contribution is -2.45. The predicted molar refractivity (Wildman–Crippen MR) is 80.8 cm³/mol. The molecule has 2 atom stereocenters. The second kappa shape index (κ2) is 7.54. The highest BCUT2D eigenvalue weighted by atomic mass is 16.3. The van der Waals surface area contributed by atoms with Gasteiger partial charge in [0, 0.05) is 6.54 Å². The van der Waals surface area contributed by atoms with Gasteiger partial charge in [0.1, 0.15) is 0 Å². The molecule has 0 spiro atoms. The summed E-state index contributed by atoms with van der Waals surface area (Å²) < 4.78 is 0. The van der Waals surface area contributed by atoms with Crippen molar-refractivity contribution in [2.75, 3.05) is 0 Å². The first kappa shape index (κ1) is 15.2. The minimum absolute atomic E-state index is 0.364. The predicted octanol–water partition coefficient (Wildman–Crippen LogP) is 0.868. The Labute approximate surface area is 123 Å². The summed E-state index contributed by atoms with van der Waals surface area (Å²) in [6.45, 7) is 0.364. The molecule has 110 valence electrons. The fraction of sp³-hybridized carbons (Fsp3) is 0.188. The van der Waals surface area contributed by atoms with Crippen LogP contribution in [-0.2, 0) is 11.3 Å². The molecule has 1 unspecified atom stereocenters. The third kappa shape index (κ3) is 4.13. The van der Waals surface area contributed by atoms with Crippen molar-refractivity contribution >= 4 is 5.91 Å². The Balaban J connectivity index is 1.97. The van der Waals surface area contributed by atoms with Gasteiger partial charge in [-0.05, 0) is 11.1 Å². The van der Waals surface area contributed by atoms with Crippen LogP contribution in [0.25, 0.3) is 0 Å². The smallest absolute Gasteiger partial charge is 0.251 e. The molecule has 5 N–H and O–H groups in total. The fourth-order valence-electron chi connectivity index (χ4n) is 2.07. The zero-order chi connectivity index (χ0) is 15.1. The molecule has 0 aromatic heterocycles. The lowest BCUT2D eigenvalue weighted by atomic mass is 10.0. The first-order valence-electron chi connectivity index (χ1n) is 6.73. The number of carbonyl (C=O) groups excluding carboxylic acids is 1. The number of carbonyl (C=O) groups is 1. The molecule has 0 radical (unpaired) electrons. The third-order valence-corrected chi connectivity index (χ3v) is 3.23. The average molecular weight is 285 g/mol. The summed E-state index contributed by atoms with van der Waals surface area (Å²) in [6.07, 6.45) is -1.26. The second-order valence-corrected chi connectivity index (χ2v) is 4.70. The van der Waals surface area contributed by atoms with Crippen molar-refractivity contribution in [3.05, 3.63) is 71.8 Å². The molecule has 2 rings (SSSR count). The van der Waals surface area contributed by atoms with Crippen LogP contribution in [0.1, 0.15) is 17.2 Å². The minimum atomic E-state index is -1.26. The number of rotatable bonds is 6. The Morgan fingerprint density at radius 1 is 1.05 bits per heavy atom. The van der Waals surface area contributed by atoms with E-state index in [1.165, 1.54) is 0 Å². The van der Waals surface area contributed by atoms with E-state index in [4.69, 9.17) is 5.84 Å². The van der Waals surface area contributed by atoms with Crippen molar-refractivity contribution in [3.8, 4) is 0 Å². The minimum Gasteiger partial charge on any atom is -0.381 e. The van der Waals surface area contributed by atoms with Crippen molar-refractivity contribution in [1.29, 1.82) is 0 Å². The van der Waals surface area contributed by atoms with Crippen molar-refractivity contribution in [2.45, 2.75) is 18.7 Å². The van der Waals surface area contributed by atoms with Crippen LogP contribution < -0.4 is 16.6 Å². The number of benzene rings is 2. The summed E-state index contributed by atoms with van der Waals surface area (Å²) in [5, 5.41) is 12.9. The van der Waals surface area contributed by atoms with Crippen molar-refractivity contribution in [1.82, 2.24) is 10.7 Å². The largest absolute Gasteiger partial charge is 0.381 e. The molecule has 0 aliphatic rings. The zero-order valence-electron chi connectivity index (χ0n) is 11.6. The molecule has 2 aromatic carbocycles. The normalized spacial score (nSPS) is 13.4. The summed E-state index contributed by atoms with van der Waals surface area (Å²) in [6, 6.07) is 18.0. The van der Waals surface area contributed by atoms with Gasteiger partial charge in [-0.25, -0.2) is 5.43 Å². The van der Waals surface area contributed by atoms with E-state index < -0.39 is 18.1 Å². The van der Waals surface area contributed by atoms with Crippen LogP contribution in [-0.4, -0.2) is 17.1 Å². The van der Waals surface area contributed by atoms with Crippen molar-refractivity contribution in [2.24, 2.45) is 5.84 Å². The van der Waals surface area contributed by atoms with Crippen LogP contribution in [0.4, 0.5) is 0 Å². The second-order valence-electron chi connectivity index (χ2n) is 4.70. The number of aliphatic hydroxyl groups excluding tert-OH is 1. The molecule has 1 amide bonds. The number of hydrazine groups is 1. The molecule has 5 nitrogen and oxygen atoms in total. The number of nitrogens with two attached hydrogens (primary N) is 1. The molecule has 2 aromatic rings. The fourth-order valence-corrected chi connectivity index (χ4v) is 2.07. The van der Waals surface area contributed by atoms with E-state index in [-0.39, 0.29) is 0 Å². The highest BCUT2D eigenvalue weighted by molar-refractivity contribution is 5.81. The molecule has 21 heavy (non-hydrogen) atoms. The van der Waals surface area contributed by atoms with Crippen LogP contribution in [0.2, 0.25) is 0 Å². The maximum Gasteiger partial charge on any atom is 0.251 e. The standard InChI is InChI=1S/C16H19N3O2/c17-19-14(13-9-5-2-6-10-13)15(20)16(21)18-11-12-7-3-1-4-8-12/h1-10,14-15,19-20H,11,17H2,(H,18,21)/t14-,15?/m0/s1. The molecular weight excluding hydrogens is 266 g/mol. The quantitative estimate of drug-likeness (QED) is 0.468. The van der Waals surface area contributed by atoms with Gasteiger partial charge in [0.2, 0.25) is 0 Å². The highest BCUT2D eigenvalue weighted by Crippen LogP contribution is 2.16. The van der Waals surface area contributed by atoms with Crippen LogP contribution in [0, 0.1) is 0 Å². The van der Waals surface area contributed by atoms with E-state index >= 15 is 0 Å². The first-order valence-corrected chi connectivity index (χ1v) is 6.73. The van der Waals surface area contributed by atoms with Gasteiger partial charge >= 0.3 is 0 Å². The van der Waals surface area contributed by atoms with Gasteiger partial charge < -0.3 is 10.4 Å². The SMILES string of the molecule is NN[C@@H](c1ccccc1)C(O)C(=O)NCc1ccccc1. The Morgan fingerprint density at radius 2 is 1.62 bits per heavy atom. The van der Waals surface area contributed by atoms with E-state index in [0.717, 1.165) is 11.1 Å².